The summed E-state index contributed by atoms with van der Waals surface area (Å²) in [5.74, 6) is -2.48. The molecule has 0 atom stereocenters. The molecule has 0 aliphatic heterocycles. The van der Waals surface area contributed by atoms with Gasteiger partial charge in [0.1, 0.15) is 17.6 Å². The first-order valence-corrected chi connectivity index (χ1v) is 3.92. The molecule has 0 fully saturated rings. The molecule has 0 aromatic heterocycles. The zero-order valence-electron chi connectivity index (χ0n) is 7.62. The summed E-state index contributed by atoms with van der Waals surface area (Å²) in [7, 11) is 0. The van der Waals surface area contributed by atoms with Crippen LogP contribution in [0.15, 0.2) is 18.2 Å². The quantitative estimate of drug-likeness (QED) is 0.813. The molecule has 0 bridgehead atoms. The van der Waals surface area contributed by atoms with Gasteiger partial charge < -0.3 is 9.84 Å². The fraction of sp³-hybridized carbons (Fsp3) is 0.111. The van der Waals surface area contributed by atoms with Crippen LogP contribution in [0.2, 0.25) is 0 Å². The van der Waals surface area contributed by atoms with Gasteiger partial charge in [-0.3, -0.25) is 4.79 Å². The number of ether oxygens (including phenoxy) is 1. The molecule has 0 aliphatic rings. The monoisotopic (exact) mass is 234 g/mol. The Morgan fingerprint density at radius 1 is 1.38 bits per heavy atom. The molecule has 1 N–H and O–H groups in total. The Balaban J connectivity index is 3.20. The summed E-state index contributed by atoms with van der Waals surface area (Å²) in [5.41, 5.74) is -0.771. The van der Waals surface area contributed by atoms with Crippen molar-refractivity contribution in [2.45, 2.75) is 6.36 Å². The van der Waals surface area contributed by atoms with Crippen LogP contribution >= 0.6 is 0 Å². The molecule has 0 unspecified atom stereocenters. The van der Waals surface area contributed by atoms with Gasteiger partial charge >= 0.3 is 12.3 Å². The SMILES string of the molecule is O=Cc1ccc(C(=O)O)c(OC(F)(F)F)c1. The van der Waals surface area contributed by atoms with Crippen LogP contribution in [-0.4, -0.2) is 23.7 Å². The molecule has 0 saturated carbocycles. The number of carboxylic acids is 1. The number of carbonyl (C=O) groups excluding carboxylic acids is 1. The Kier molecular flexibility index (Phi) is 3.17. The average Bonchev–Trinajstić information content (AvgIpc) is 2.14. The number of carbonyl (C=O) groups is 2. The number of alkyl halides is 3. The number of hydrogen-bond donors (Lipinski definition) is 1. The van der Waals surface area contributed by atoms with Crippen LogP contribution in [0.5, 0.6) is 5.75 Å². The minimum Gasteiger partial charge on any atom is -0.478 e. The topological polar surface area (TPSA) is 63.6 Å². The molecule has 0 spiro atoms. The number of halogens is 3. The highest BCUT2D eigenvalue weighted by molar-refractivity contribution is 5.92. The van der Waals surface area contributed by atoms with Crippen molar-refractivity contribution in [3.05, 3.63) is 29.3 Å². The fourth-order valence-corrected chi connectivity index (χ4v) is 0.998. The van der Waals surface area contributed by atoms with Crippen molar-refractivity contribution in [2.75, 3.05) is 0 Å². The van der Waals surface area contributed by atoms with Crippen molar-refractivity contribution >= 4 is 12.3 Å². The smallest absolute Gasteiger partial charge is 0.478 e. The maximum atomic E-state index is 11.9. The first-order chi connectivity index (χ1) is 7.33. The van der Waals surface area contributed by atoms with E-state index in [0.29, 0.717) is 6.07 Å². The fourth-order valence-electron chi connectivity index (χ4n) is 0.998. The predicted octanol–water partition coefficient (Wildman–Crippen LogP) is 2.10. The highest BCUT2D eigenvalue weighted by atomic mass is 19.4. The molecule has 16 heavy (non-hydrogen) atoms. The van der Waals surface area contributed by atoms with E-state index in [9.17, 15) is 22.8 Å². The van der Waals surface area contributed by atoms with Crippen molar-refractivity contribution in [1.29, 1.82) is 0 Å². The lowest BCUT2D eigenvalue weighted by Crippen LogP contribution is -2.19. The van der Waals surface area contributed by atoms with E-state index in [1.54, 1.807) is 0 Å². The van der Waals surface area contributed by atoms with Crippen LogP contribution < -0.4 is 4.74 Å². The third kappa shape index (κ3) is 2.97. The van der Waals surface area contributed by atoms with E-state index in [4.69, 9.17) is 5.11 Å². The Labute approximate surface area is 87.3 Å². The van der Waals surface area contributed by atoms with E-state index in [-0.39, 0.29) is 11.8 Å². The normalized spacial score (nSPS) is 10.9. The van der Waals surface area contributed by atoms with Gasteiger partial charge in [0.25, 0.3) is 0 Å². The summed E-state index contributed by atoms with van der Waals surface area (Å²) < 4.78 is 39.2. The van der Waals surface area contributed by atoms with Crippen molar-refractivity contribution in [2.24, 2.45) is 0 Å². The average molecular weight is 234 g/mol. The lowest BCUT2D eigenvalue weighted by Gasteiger charge is -2.11. The molecule has 4 nitrogen and oxygen atoms in total. The van der Waals surface area contributed by atoms with E-state index in [2.05, 4.69) is 4.74 Å². The van der Waals surface area contributed by atoms with Crippen LogP contribution in [0.3, 0.4) is 0 Å². The molecule has 0 heterocycles. The van der Waals surface area contributed by atoms with E-state index in [1.165, 1.54) is 0 Å². The highest BCUT2D eigenvalue weighted by Crippen LogP contribution is 2.27. The van der Waals surface area contributed by atoms with Gasteiger partial charge in [-0.15, -0.1) is 13.2 Å². The number of aromatic carboxylic acids is 1. The third-order valence-corrected chi connectivity index (χ3v) is 1.60. The van der Waals surface area contributed by atoms with Gasteiger partial charge in [-0.25, -0.2) is 4.79 Å². The second kappa shape index (κ2) is 4.21. The Hall–Kier alpha value is -2.05. The number of hydrogen-bond acceptors (Lipinski definition) is 3. The number of carboxylic acid groups (broad SMARTS) is 1. The summed E-state index contributed by atoms with van der Waals surface area (Å²) in [6.45, 7) is 0. The maximum absolute atomic E-state index is 11.9. The summed E-state index contributed by atoms with van der Waals surface area (Å²) >= 11 is 0. The molecule has 0 aliphatic carbocycles. The van der Waals surface area contributed by atoms with Crippen molar-refractivity contribution in [3.8, 4) is 5.75 Å². The van der Waals surface area contributed by atoms with Gasteiger partial charge in [-0.2, -0.15) is 0 Å². The third-order valence-electron chi connectivity index (χ3n) is 1.60. The number of rotatable bonds is 3. The number of benzene rings is 1. The van der Waals surface area contributed by atoms with Gasteiger partial charge in [0, 0.05) is 5.56 Å². The summed E-state index contributed by atoms with van der Waals surface area (Å²) in [5, 5.41) is 8.59. The molecule has 86 valence electrons. The van der Waals surface area contributed by atoms with Gasteiger partial charge in [-0.05, 0) is 12.1 Å². The molecular formula is C9H5F3O4. The molecule has 0 saturated heterocycles. The summed E-state index contributed by atoms with van der Waals surface area (Å²) in [4.78, 5) is 20.9. The molecule has 1 rings (SSSR count). The Bertz CT molecular complexity index is 425. The summed E-state index contributed by atoms with van der Waals surface area (Å²) in [6, 6.07) is 2.66. The minimum absolute atomic E-state index is 0.107. The molecule has 1 aromatic carbocycles. The van der Waals surface area contributed by atoms with Crippen molar-refractivity contribution in [1.82, 2.24) is 0 Å². The zero-order chi connectivity index (χ0) is 12.3. The van der Waals surface area contributed by atoms with E-state index < -0.39 is 23.6 Å². The molecule has 0 amide bonds. The molecular weight excluding hydrogens is 229 g/mol. The Morgan fingerprint density at radius 2 is 2.00 bits per heavy atom. The highest BCUT2D eigenvalue weighted by Gasteiger charge is 2.33. The van der Waals surface area contributed by atoms with Crippen molar-refractivity contribution < 1.29 is 32.6 Å². The molecule has 0 radical (unpaired) electrons. The van der Waals surface area contributed by atoms with Crippen LogP contribution in [0, 0.1) is 0 Å². The predicted molar refractivity (Wildman–Crippen MR) is 45.5 cm³/mol. The van der Waals surface area contributed by atoms with Gasteiger partial charge in [0.05, 0.1) is 0 Å². The molecule has 7 heteroatoms. The maximum Gasteiger partial charge on any atom is 0.573 e. The van der Waals surface area contributed by atoms with Gasteiger partial charge in [0.2, 0.25) is 0 Å². The first-order valence-electron chi connectivity index (χ1n) is 3.92. The molecule has 1 aromatic rings. The van der Waals surface area contributed by atoms with Gasteiger partial charge in [0.15, 0.2) is 0 Å². The first kappa shape index (κ1) is 12.0. The van der Waals surface area contributed by atoms with E-state index in [1.807, 2.05) is 0 Å². The zero-order valence-corrected chi connectivity index (χ0v) is 7.62. The van der Waals surface area contributed by atoms with Crippen LogP contribution in [-0.2, 0) is 0 Å². The lowest BCUT2D eigenvalue weighted by molar-refractivity contribution is -0.274. The minimum atomic E-state index is -5.01. The second-order valence-corrected chi connectivity index (χ2v) is 2.73. The van der Waals surface area contributed by atoms with Gasteiger partial charge in [-0.1, -0.05) is 6.07 Å². The van der Waals surface area contributed by atoms with Crippen molar-refractivity contribution in [3.63, 3.8) is 0 Å². The lowest BCUT2D eigenvalue weighted by atomic mass is 10.1. The number of aldehydes is 1. The summed E-state index contributed by atoms with van der Waals surface area (Å²) in [6.07, 6.45) is -4.72. The second-order valence-electron chi connectivity index (χ2n) is 2.73. The standard InChI is InChI=1S/C9H5F3O4/c10-9(11,12)16-7-3-5(4-13)1-2-6(7)8(14)15/h1-4H,(H,14,15). The van der Waals surface area contributed by atoms with E-state index in [0.717, 1.165) is 12.1 Å². The van der Waals surface area contributed by atoms with Crippen LogP contribution in [0.25, 0.3) is 0 Å². The van der Waals surface area contributed by atoms with E-state index >= 15 is 0 Å². The van der Waals surface area contributed by atoms with Crippen LogP contribution in [0.4, 0.5) is 13.2 Å². The Morgan fingerprint density at radius 3 is 2.44 bits per heavy atom. The largest absolute Gasteiger partial charge is 0.573 e. The van der Waals surface area contributed by atoms with Crippen LogP contribution in [0.1, 0.15) is 20.7 Å².